The smallest absolute Gasteiger partial charge is 0.125 e. The van der Waals surface area contributed by atoms with E-state index in [-0.39, 0.29) is 5.54 Å². The van der Waals surface area contributed by atoms with E-state index in [4.69, 9.17) is 10.5 Å². The van der Waals surface area contributed by atoms with Crippen molar-refractivity contribution in [3.05, 3.63) is 27.7 Å². The zero-order valence-corrected chi connectivity index (χ0v) is 13.1. The van der Waals surface area contributed by atoms with Gasteiger partial charge in [-0.15, -0.1) is 0 Å². The summed E-state index contributed by atoms with van der Waals surface area (Å²) in [5.41, 5.74) is 9.27. The van der Waals surface area contributed by atoms with E-state index < -0.39 is 0 Å². The van der Waals surface area contributed by atoms with Gasteiger partial charge < -0.3 is 10.5 Å². The Labute approximate surface area is 123 Å². The molecule has 1 aromatic carbocycles. The molecule has 0 aromatic heterocycles. The van der Waals surface area contributed by atoms with E-state index in [9.17, 15) is 0 Å². The predicted octanol–water partition coefficient (Wildman–Crippen LogP) is 3.83. The summed E-state index contributed by atoms with van der Waals surface area (Å²) in [6.07, 6.45) is 6.94. The van der Waals surface area contributed by atoms with Crippen LogP contribution >= 0.6 is 15.9 Å². The second-order valence-corrected chi connectivity index (χ2v) is 7.12. The summed E-state index contributed by atoms with van der Waals surface area (Å²) >= 11 is 3.62. The SMILES string of the molecule is CC1CCCCC1(N)Cc1cc(Br)cc2c1OCC2. The van der Waals surface area contributed by atoms with Crippen molar-refractivity contribution in [3.63, 3.8) is 0 Å². The molecule has 3 heteroatoms. The molecule has 1 aliphatic heterocycles. The van der Waals surface area contributed by atoms with Crippen LogP contribution in [0.5, 0.6) is 5.75 Å². The molecule has 1 saturated carbocycles. The highest BCUT2D eigenvalue weighted by atomic mass is 79.9. The van der Waals surface area contributed by atoms with E-state index in [2.05, 4.69) is 35.0 Å². The minimum atomic E-state index is -0.0568. The summed E-state index contributed by atoms with van der Waals surface area (Å²) in [4.78, 5) is 0. The van der Waals surface area contributed by atoms with Crippen molar-refractivity contribution < 1.29 is 4.74 Å². The van der Waals surface area contributed by atoms with Crippen molar-refractivity contribution in [2.75, 3.05) is 6.61 Å². The Bertz CT molecular complexity index is 488. The molecule has 1 aliphatic carbocycles. The van der Waals surface area contributed by atoms with Gasteiger partial charge in [0, 0.05) is 16.4 Å². The molecule has 1 aromatic rings. The molecule has 0 bridgehead atoms. The highest BCUT2D eigenvalue weighted by Gasteiger charge is 2.35. The average molecular weight is 324 g/mol. The van der Waals surface area contributed by atoms with Gasteiger partial charge in [-0.2, -0.15) is 0 Å². The maximum Gasteiger partial charge on any atom is 0.125 e. The van der Waals surface area contributed by atoms with E-state index in [1.807, 2.05) is 0 Å². The highest BCUT2D eigenvalue weighted by Crippen LogP contribution is 2.39. The maximum absolute atomic E-state index is 6.71. The number of halogens is 1. The first-order chi connectivity index (χ1) is 9.08. The van der Waals surface area contributed by atoms with Crippen molar-refractivity contribution in [1.29, 1.82) is 0 Å². The average Bonchev–Trinajstić information content (AvgIpc) is 2.81. The lowest BCUT2D eigenvalue weighted by atomic mass is 9.71. The van der Waals surface area contributed by atoms with E-state index >= 15 is 0 Å². The van der Waals surface area contributed by atoms with Crippen LogP contribution in [0.4, 0.5) is 0 Å². The molecule has 2 atom stereocenters. The fraction of sp³-hybridized carbons (Fsp3) is 0.625. The van der Waals surface area contributed by atoms with Gasteiger partial charge in [0.1, 0.15) is 5.75 Å². The third-order valence-electron chi connectivity index (χ3n) is 4.86. The van der Waals surface area contributed by atoms with Crippen LogP contribution in [0.3, 0.4) is 0 Å². The molecule has 2 aliphatic rings. The summed E-state index contributed by atoms with van der Waals surface area (Å²) in [7, 11) is 0. The fourth-order valence-electron chi connectivity index (χ4n) is 3.53. The van der Waals surface area contributed by atoms with E-state index in [0.717, 1.165) is 36.1 Å². The van der Waals surface area contributed by atoms with Gasteiger partial charge in [-0.3, -0.25) is 0 Å². The monoisotopic (exact) mass is 323 g/mol. The Morgan fingerprint density at radius 3 is 3.05 bits per heavy atom. The molecule has 2 N–H and O–H groups in total. The van der Waals surface area contributed by atoms with Crippen LogP contribution in [-0.2, 0) is 12.8 Å². The lowest BCUT2D eigenvalue weighted by Gasteiger charge is -2.40. The first-order valence-corrected chi connectivity index (χ1v) is 8.11. The van der Waals surface area contributed by atoms with Crippen LogP contribution in [0.15, 0.2) is 16.6 Å². The molecule has 2 nitrogen and oxygen atoms in total. The summed E-state index contributed by atoms with van der Waals surface area (Å²) in [6, 6.07) is 4.37. The Morgan fingerprint density at radius 1 is 1.42 bits per heavy atom. The van der Waals surface area contributed by atoms with Gasteiger partial charge >= 0.3 is 0 Å². The Balaban J connectivity index is 1.91. The maximum atomic E-state index is 6.71. The number of fused-ring (bicyclic) bond motifs is 1. The number of hydrogen-bond acceptors (Lipinski definition) is 2. The molecule has 0 amide bonds. The minimum Gasteiger partial charge on any atom is -0.493 e. The van der Waals surface area contributed by atoms with Gasteiger partial charge in [0.05, 0.1) is 6.61 Å². The second-order valence-electron chi connectivity index (χ2n) is 6.21. The molecule has 0 spiro atoms. The fourth-order valence-corrected chi connectivity index (χ4v) is 4.09. The van der Waals surface area contributed by atoms with Crippen LogP contribution in [0, 0.1) is 5.92 Å². The zero-order valence-electron chi connectivity index (χ0n) is 11.5. The summed E-state index contributed by atoms with van der Waals surface area (Å²) in [5.74, 6) is 1.70. The summed E-state index contributed by atoms with van der Waals surface area (Å²) < 4.78 is 6.98. The minimum absolute atomic E-state index is 0.0568. The third kappa shape index (κ3) is 2.55. The molecule has 1 fully saturated rings. The molecule has 104 valence electrons. The van der Waals surface area contributed by atoms with Crippen molar-refractivity contribution >= 4 is 15.9 Å². The van der Waals surface area contributed by atoms with Gasteiger partial charge in [0.15, 0.2) is 0 Å². The highest BCUT2D eigenvalue weighted by molar-refractivity contribution is 9.10. The Morgan fingerprint density at radius 2 is 2.26 bits per heavy atom. The van der Waals surface area contributed by atoms with Gasteiger partial charge in [-0.05, 0) is 48.4 Å². The number of benzene rings is 1. The lowest BCUT2D eigenvalue weighted by molar-refractivity contribution is 0.202. The molecule has 1 heterocycles. The number of nitrogens with two attached hydrogens (primary N) is 1. The van der Waals surface area contributed by atoms with Crippen LogP contribution in [-0.4, -0.2) is 12.1 Å². The van der Waals surface area contributed by atoms with Crippen molar-refractivity contribution in [2.24, 2.45) is 11.7 Å². The summed E-state index contributed by atoms with van der Waals surface area (Å²) in [5, 5.41) is 0. The third-order valence-corrected chi connectivity index (χ3v) is 5.31. The topological polar surface area (TPSA) is 35.2 Å². The molecule has 19 heavy (non-hydrogen) atoms. The van der Waals surface area contributed by atoms with Gasteiger partial charge in [0.25, 0.3) is 0 Å². The molecule has 2 unspecified atom stereocenters. The van der Waals surface area contributed by atoms with Crippen LogP contribution in [0.25, 0.3) is 0 Å². The number of hydrogen-bond donors (Lipinski definition) is 1. The summed E-state index contributed by atoms with van der Waals surface area (Å²) in [6.45, 7) is 3.12. The van der Waals surface area contributed by atoms with Gasteiger partial charge in [0.2, 0.25) is 0 Å². The van der Waals surface area contributed by atoms with E-state index in [1.54, 1.807) is 0 Å². The lowest BCUT2D eigenvalue weighted by Crippen LogP contribution is -2.50. The van der Waals surface area contributed by atoms with Crippen LogP contribution < -0.4 is 10.5 Å². The van der Waals surface area contributed by atoms with E-state index in [1.165, 1.54) is 30.4 Å². The molecule has 3 rings (SSSR count). The predicted molar refractivity (Wildman–Crippen MR) is 81.6 cm³/mol. The normalized spacial score (nSPS) is 29.9. The van der Waals surface area contributed by atoms with Crippen molar-refractivity contribution in [3.8, 4) is 5.75 Å². The number of rotatable bonds is 2. The van der Waals surface area contributed by atoms with Crippen molar-refractivity contribution in [2.45, 2.75) is 51.0 Å². The molecule has 0 saturated heterocycles. The van der Waals surface area contributed by atoms with Gasteiger partial charge in [-0.1, -0.05) is 35.7 Å². The van der Waals surface area contributed by atoms with Crippen LogP contribution in [0.1, 0.15) is 43.7 Å². The number of ether oxygens (including phenoxy) is 1. The molecular weight excluding hydrogens is 302 g/mol. The standard InChI is InChI=1S/C16H22BrNO/c1-11-4-2-3-6-16(11,18)10-13-9-14(17)8-12-5-7-19-15(12)13/h8-9,11H,2-7,10,18H2,1H3. The Kier molecular flexibility index (Phi) is 3.61. The van der Waals surface area contributed by atoms with Crippen LogP contribution in [0.2, 0.25) is 0 Å². The molecule has 0 radical (unpaired) electrons. The Hall–Kier alpha value is -0.540. The van der Waals surface area contributed by atoms with Crippen molar-refractivity contribution in [1.82, 2.24) is 0 Å². The quantitative estimate of drug-likeness (QED) is 0.897. The zero-order chi connectivity index (χ0) is 13.5. The first-order valence-electron chi connectivity index (χ1n) is 7.31. The van der Waals surface area contributed by atoms with E-state index in [0.29, 0.717) is 5.92 Å². The largest absolute Gasteiger partial charge is 0.493 e. The second kappa shape index (κ2) is 5.10. The molecular formula is C16H22BrNO. The van der Waals surface area contributed by atoms with Gasteiger partial charge in [-0.25, -0.2) is 0 Å². The first kappa shape index (κ1) is 13.4.